The minimum atomic E-state index is -0.0986. The van der Waals surface area contributed by atoms with E-state index < -0.39 is 0 Å². The van der Waals surface area contributed by atoms with Crippen molar-refractivity contribution in [1.82, 2.24) is 0 Å². The lowest BCUT2D eigenvalue weighted by Gasteiger charge is -2.25. The molecule has 0 unspecified atom stereocenters. The topological polar surface area (TPSA) is 0 Å². The number of unbranched alkanes of at least 4 members (excludes halogenated alkanes) is 2. The fraction of sp³-hybridized carbons (Fsp3) is 0.500. The van der Waals surface area contributed by atoms with Gasteiger partial charge in [-0.1, -0.05) is 82.1 Å². The highest BCUT2D eigenvalue weighted by Gasteiger charge is 2.19. The Labute approximate surface area is 176 Å². The summed E-state index contributed by atoms with van der Waals surface area (Å²) in [6, 6.07) is 13.8. The lowest BCUT2D eigenvalue weighted by atomic mass is 9.80. The van der Waals surface area contributed by atoms with Gasteiger partial charge in [0.15, 0.2) is 0 Å². The quantitative estimate of drug-likeness (QED) is 0.330. The van der Waals surface area contributed by atoms with Crippen molar-refractivity contribution in [3.63, 3.8) is 0 Å². The normalized spacial score (nSPS) is 18.9. The van der Waals surface area contributed by atoms with Crippen LogP contribution in [-0.4, -0.2) is 0 Å². The lowest BCUT2D eigenvalue weighted by Crippen LogP contribution is -2.13. The van der Waals surface area contributed by atoms with Crippen LogP contribution in [0.2, 0.25) is 0 Å². The highest BCUT2D eigenvalue weighted by molar-refractivity contribution is 5.65. The lowest BCUT2D eigenvalue weighted by molar-refractivity contribution is 0.294. The molecule has 0 aliphatic heterocycles. The third-order valence-electron chi connectivity index (χ3n) is 6.27. The van der Waals surface area contributed by atoms with Gasteiger partial charge in [-0.15, -0.1) is 0 Å². The van der Waals surface area contributed by atoms with Crippen molar-refractivity contribution in [2.45, 2.75) is 78.1 Å². The van der Waals surface area contributed by atoms with Crippen LogP contribution in [0.15, 0.2) is 42.5 Å². The summed E-state index contributed by atoms with van der Waals surface area (Å²) in [5.41, 5.74) is 3.84. The minimum absolute atomic E-state index is 0.0986. The molecule has 0 N–H and O–H groups in total. The Morgan fingerprint density at radius 2 is 1.59 bits per heavy atom. The molecule has 0 atom stereocenters. The standard InChI is InChI=1S/C28H35F/c1-3-5-6-8-22-9-11-23(12-10-22)13-14-24-15-17-25(18-16-24)27-20-19-26(7-4-2)28(29)21-27/h15-23H,3-12H2,1-2H3. The second-order valence-corrected chi connectivity index (χ2v) is 8.62. The number of halogens is 1. The van der Waals surface area contributed by atoms with E-state index in [0.717, 1.165) is 41.0 Å². The minimum Gasteiger partial charge on any atom is -0.207 e. The maximum atomic E-state index is 14.2. The maximum absolute atomic E-state index is 14.2. The molecule has 1 heteroatoms. The van der Waals surface area contributed by atoms with Crippen molar-refractivity contribution in [1.29, 1.82) is 0 Å². The number of aryl methyl sites for hydroxylation is 1. The summed E-state index contributed by atoms with van der Waals surface area (Å²) in [6.45, 7) is 4.35. The number of benzene rings is 2. The molecular weight excluding hydrogens is 355 g/mol. The molecule has 1 saturated carbocycles. The number of rotatable bonds is 7. The Morgan fingerprint density at radius 3 is 2.24 bits per heavy atom. The molecule has 0 heterocycles. The van der Waals surface area contributed by atoms with E-state index in [1.54, 1.807) is 6.07 Å². The summed E-state index contributed by atoms with van der Waals surface area (Å²) in [7, 11) is 0. The van der Waals surface area contributed by atoms with E-state index in [4.69, 9.17) is 0 Å². The van der Waals surface area contributed by atoms with Gasteiger partial charge in [-0.2, -0.15) is 0 Å². The van der Waals surface area contributed by atoms with Crippen LogP contribution < -0.4 is 0 Å². The first-order valence-corrected chi connectivity index (χ1v) is 11.6. The van der Waals surface area contributed by atoms with Gasteiger partial charge in [0.1, 0.15) is 5.82 Å². The van der Waals surface area contributed by atoms with Crippen molar-refractivity contribution in [3.05, 3.63) is 59.4 Å². The van der Waals surface area contributed by atoms with Crippen LogP contribution in [0, 0.1) is 29.5 Å². The van der Waals surface area contributed by atoms with Crippen LogP contribution >= 0.6 is 0 Å². The molecule has 29 heavy (non-hydrogen) atoms. The number of hydrogen-bond donors (Lipinski definition) is 0. The molecule has 0 spiro atoms. The predicted molar refractivity (Wildman–Crippen MR) is 122 cm³/mol. The average molecular weight is 391 g/mol. The summed E-state index contributed by atoms with van der Waals surface area (Å²) in [5.74, 6) is 8.27. The molecule has 0 radical (unpaired) electrons. The van der Waals surface area contributed by atoms with E-state index in [2.05, 4.69) is 50.0 Å². The Balaban J connectivity index is 1.55. The number of hydrogen-bond acceptors (Lipinski definition) is 0. The van der Waals surface area contributed by atoms with Crippen LogP contribution in [0.1, 0.15) is 82.8 Å². The highest BCUT2D eigenvalue weighted by Crippen LogP contribution is 2.31. The summed E-state index contributed by atoms with van der Waals surface area (Å²) in [4.78, 5) is 0. The Morgan fingerprint density at radius 1 is 0.862 bits per heavy atom. The van der Waals surface area contributed by atoms with E-state index in [0.29, 0.717) is 5.92 Å². The smallest absolute Gasteiger partial charge is 0.127 e. The molecule has 0 aromatic heterocycles. The summed E-state index contributed by atoms with van der Waals surface area (Å²) in [5, 5.41) is 0. The summed E-state index contributed by atoms with van der Waals surface area (Å²) < 4.78 is 14.2. The van der Waals surface area contributed by atoms with Gasteiger partial charge in [-0.25, -0.2) is 4.39 Å². The van der Waals surface area contributed by atoms with Crippen LogP contribution in [0.3, 0.4) is 0 Å². The average Bonchev–Trinajstić information content (AvgIpc) is 2.75. The Hall–Kier alpha value is -2.07. The predicted octanol–water partition coefficient (Wildman–Crippen LogP) is 8.18. The SMILES string of the molecule is CCCCCC1CCC(C#Cc2ccc(-c3ccc(CCC)c(F)c3)cc2)CC1. The first-order chi connectivity index (χ1) is 14.2. The van der Waals surface area contributed by atoms with E-state index in [1.807, 2.05) is 12.1 Å². The van der Waals surface area contributed by atoms with Gasteiger partial charge < -0.3 is 0 Å². The van der Waals surface area contributed by atoms with Gasteiger partial charge in [0.2, 0.25) is 0 Å². The molecule has 3 rings (SSSR count). The highest BCUT2D eigenvalue weighted by atomic mass is 19.1. The fourth-order valence-corrected chi connectivity index (χ4v) is 4.41. The molecule has 0 amide bonds. The van der Waals surface area contributed by atoms with E-state index >= 15 is 0 Å². The van der Waals surface area contributed by atoms with Crippen molar-refractivity contribution in [3.8, 4) is 23.0 Å². The molecular formula is C28H35F. The first-order valence-electron chi connectivity index (χ1n) is 11.6. The van der Waals surface area contributed by atoms with Crippen molar-refractivity contribution >= 4 is 0 Å². The van der Waals surface area contributed by atoms with Crippen molar-refractivity contribution < 1.29 is 4.39 Å². The van der Waals surface area contributed by atoms with E-state index in [9.17, 15) is 4.39 Å². The maximum Gasteiger partial charge on any atom is 0.127 e. The molecule has 1 aliphatic carbocycles. The molecule has 0 nitrogen and oxygen atoms in total. The molecule has 2 aromatic carbocycles. The molecule has 0 saturated heterocycles. The van der Waals surface area contributed by atoms with Gasteiger partial charge in [0.05, 0.1) is 0 Å². The first kappa shape index (κ1) is 21.6. The molecule has 2 aromatic rings. The molecule has 1 aliphatic rings. The van der Waals surface area contributed by atoms with Gasteiger partial charge in [0, 0.05) is 11.5 Å². The monoisotopic (exact) mass is 390 g/mol. The zero-order valence-electron chi connectivity index (χ0n) is 18.1. The van der Waals surface area contributed by atoms with Crippen LogP contribution in [0.5, 0.6) is 0 Å². The van der Waals surface area contributed by atoms with Gasteiger partial charge in [-0.05, 0) is 72.9 Å². The van der Waals surface area contributed by atoms with Crippen LogP contribution in [0.4, 0.5) is 4.39 Å². The zero-order valence-corrected chi connectivity index (χ0v) is 18.1. The van der Waals surface area contributed by atoms with Crippen molar-refractivity contribution in [2.24, 2.45) is 11.8 Å². The van der Waals surface area contributed by atoms with Crippen molar-refractivity contribution in [2.75, 3.05) is 0 Å². The van der Waals surface area contributed by atoms with Crippen LogP contribution in [-0.2, 0) is 6.42 Å². The second kappa shape index (κ2) is 11.2. The third kappa shape index (κ3) is 6.46. The Kier molecular flexibility index (Phi) is 8.36. The van der Waals surface area contributed by atoms with E-state index in [-0.39, 0.29) is 5.82 Å². The molecule has 0 bridgehead atoms. The zero-order chi connectivity index (χ0) is 20.5. The largest absolute Gasteiger partial charge is 0.207 e. The second-order valence-electron chi connectivity index (χ2n) is 8.62. The van der Waals surface area contributed by atoms with Gasteiger partial charge >= 0.3 is 0 Å². The summed E-state index contributed by atoms with van der Waals surface area (Å²) in [6.07, 6.45) is 12.5. The fourth-order valence-electron chi connectivity index (χ4n) is 4.41. The summed E-state index contributed by atoms with van der Waals surface area (Å²) >= 11 is 0. The van der Waals surface area contributed by atoms with Gasteiger partial charge in [0.25, 0.3) is 0 Å². The Bertz CT molecular complexity index is 814. The molecule has 1 fully saturated rings. The third-order valence-corrected chi connectivity index (χ3v) is 6.27. The van der Waals surface area contributed by atoms with Gasteiger partial charge in [-0.3, -0.25) is 0 Å². The molecule has 154 valence electrons. The van der Waals surface area contributed by atoms with E-state index in [1.165, 1.54) is 51.4 Å². The van der Waals surface area contributed by atoms with Crippen LogP contribution in [0.25, 0.3) is 11.1 Å².